The molecular weight excluding hydrogens is 699 g/mol. The van der Waals surface area contributed by atoms with Crippen LogP contribution in [0.25, 0.3) is 100 Å². The van der Waals surface area contributed by atoms with Gasteiger partial charge in [0.15, 0.2) is 11.4 Å². The Morgan fingerprint density at radius 3 is 1.96 bits per heavy atom. The van der Waals surface area contributed by atoms with Gasteiger partial charge in [-0.05, 0) is 83.8 Å². The van der Waals surface area contributed by atoms with E-state index < -0.39 is 0 Å². The number of benzene rings is 7. The van der Waals surface area contributed by atoms with Crippen LogP contribution in [0.1, 0.15) is 22.8 Å². The van der Waals surface area contributed by atoms with Crippen LogP contribution in [0.5, 0.6) is 0 Å². The fourth-order valence-electron chi connectivity index (χ4n) is 8.82. The molecule has 4 aromatic heterocycles. The summed E-state index contributed by atoms with van der Waals surface area (Å²) in [5.74, 6) is 1.83. The molecule has 0 aliphatic heterocycles. The minimum absolute atomic E-state index is 0.219. The zero-order chi connectivity index (χ0) is 37.5. The molecule has 57 heavy (non-hydrogen) atoms. The fraction of sp³-hybridized carbons (Fsp3) is 0.0385. The summed E-state index contributed by atoms with van der Waals surface area (Å²) in [6, 6.07) is 59.6. The van der Waals surface area contributed by atoms with Gasteiger partial charge in [0, 0.05) is 49.8 Å². The van der Waals surface area contributed by atoms with Gasteiger partial charge in [-0.15, -0.1) is 0 Å². The van der Waals surface area contributed by atoms with E-state index in [0.717, 1.165) is 67.6 Å². The van der Waals surface area contributed by atoms with E-state index in [1.165, 1.54) is 38.6 Å². The molecule has 1 aliphatic rings. The highest BCUT2D eigenvalue weighted by molar-refractivity contribution is 6.10. The van der Waals surface area contributed by atoms with Crippen molar-refractivity contribution in [1.82, 2.24) is 14.5 Å². The molecule has 0 radical (unpaired) electrons. The monoisotopic (exact) mass is 731 g/mol. The van der Waals surface area contributed by atoms with Crippen molar-refractivity contribution in [2.24, 2.45) is 0 Å². The van der Waals surface area contributed by atoms with Crippen LogP contribution in [0.2, 0.25) is 0 Å². The zero-order valence-electron chi connectivity index (χ0n) is 30.8. The summed E-state index contributed by atoms with van der Waals surface area (Å²) < 4.78 is 15.4. The van der Waals surface area contributed by atoms with E-state index in [0.29, 0.717) is 11.4 Å². The molecule has 12 rings (SSSR count). The summed E-state index contributed by atoms with van der Waals surface area (Å²) in [6.45, 7) is 0. The number of rotatable bonds is 5. The van der Waals surface area contributed by atoms with E-state index in [2.05, 4.69) is 138 Å². The molecule has 1 unspecified atom stereocenters. The van der Waals surface area contributed by atoms with Gasteiger partial charge in [0.1, 0.15) is 28.1 Å². The molecule has 0 amide bonds. The number of hydrogen-bond donors (Lipinski definition) is 0. The van der Waals surface area contributed by atoms with Crippen molar-refractivity contribution in [1.29, 1.82) is 0 Å². The third kappa shape index (κ3) is 5.09. The minimum atomic E-state index is 0.219. The number of hydrogen-bond acceptors (Lipinski definition) is 4. The Morgan fingerprint density at radius 2 is 1.18 bits per heavy atom. The number of furan rings is 2. The summed E-state index contributed by atoms with van der Waals surface area (Å²) in [7, 11) is 0. The largest absolute Gasteiger partial charge is 0.456 e. The maximum Gasteiger partial charge on any atom is 0.180 e. The lowest BCUT2D eigenvalue weighted by atomic mass is 9.86. The first-order chi connectivity index (χ1) is 28.2. The van der Waals surface area contributed by atoms with Crippen LogP contribution >= 0.6 is 0 Å². The number of para-hydroxylation sites is 2. The van der Waals surface area contributed by atoms with Crippen LogP contribution in [-0.4, -0.2) is 14.5 Å². The van der Waals surface area contributed by atoms with Crippen LogP contribution in [-0.2, 0) is 6.42 Å². The van der Waals surface area contributed by atoms with Crippen LogP contribution in [0.15, 0.2) is 185 Å². The van der Waals surface area contributed by atoms with Gasteiger partial charge in [0.2, 0.25) is 0 Å². The van der Waals surface area contributed by atoms with Gasteiger partial charge >= 0.3 is 0 Å². The lowest BCUT2D eigenvalue weighted by Crippen LogP contribution is -2.04. The number of allylic oxidation sites excluding steroid dienone is 1. The molecular formula is C52H33N3O2. The predicted octanol–water partition coefficient (Wildman–Crippen LogP) is 13.6. The molecule has 0 bridgehead atoms. The first-order valence-corrected chi connectivity index (χ1v) is 19.4. The summed E-state index contributed by atoms with van der Waals surface area (Å²) in [5, 5.41) is 4.64. The highest BCUT2D eigenvalue weighted by Gasteiger charge is 2.24. The summed E-state index contributed by atoms with van der Waals surface area (Å²) >= 11 is 0. The van der Waals surface area contributed by atoms with Crippen molar-refractivity contribution in [3.8, 4) is 39.5 Å². The molecule has 1 atom stereocenters. The van der Waals surface area contributed by atoms with Gasteiger partial charge in [0.25, 0.3) is 0 Å². The molecule has 0 saturated carbocycles. The molecule has 7 aromatic carbocycles. The molecule has 0 saturated heterocycles. The van der Waals surface area contributed by atoms with Gasteiger partial charge in [-0.25, -0.2) is 9.97 Å². The smallest absolute Gasteiger partial charge is 0.180 e. The Hall–Kier alpha value is -7.50. The van der Waals surface area contributed by atoms with Crippen LogP contribution in [0.3, 0.4) is 0 Å². The molecule has 1 aliphatic carbocycles. The van der Waals surface area contributed by atoms with Crippen molar-refractivity contribution in [3.05, 3.63) is 193 Å². The van der Waals surface area contributed by atoms with Crippen molar-refractivity contribution >= 4 is 60.9 Å². The van der Waals surface area contributed by atoms with E-state index in [1.807, 2.05) is 48.5 Å². The lowest BCUT2D eigenvalue weighted by molar-refractivity contribution is 0.592. The van der Waals surface area contributed by atoms with Crippen LogP contribution in [0.4, 0.5) is 0 Å². The van der Waals surface area contributed by atoms with Crippen molar-refractivity contribution in [3.63, 3.8) is 0 Å². The minimum Gasteiger partial charge on any atom is -0.456 e. The second kappa shape index (κ2) is 12.5. The Labute approximate surface area is 327 Å². The van der Waals surface area contributed by atoms with Gasteiger partial charge in [0.05, 0.1) is 11.0 Å². The first kappa shape index (κ1) is 31.8. The van der Waals surface area contributed by atoms with E-state index in [1.54, 1.807) is 0 Å². The highest BCUT2D eigenvalue weighted by Crippen LogP contribution is 2.42. The normalized spacial score (nSPS) is 14.0. The molecule has 5 nitrogen and oxygen atoms in total. The van der Waals surface area contributed by atoms with Gasteiger partial charge < -0.3 is 13.4 Å². The van der Waals surface area contributed by atoms with Crippen molar-refractivity contribution in [2.45, 2.75) is 12.3 Å². The third-order valence-corrected chi connectivity index (χ3v) is 11.6. The number of fused-ring (bicyclic) bond motifs is 9. The summed E-state index contributed by atoms with van der Waals surface area (Å²) in [6.07, 6.45) is 5.33. The Kier molecular flexibility index (Phi) is 6.99. The first-order valence-electron chi connectivity index (χ1n) is 19.4. The maximum atomic E-state index is 6.53. The predicted molar refractivity (Wildman–Crippen MR) is 232 cm³/mol. The van der Waals surface area contributed by atoms with Gasteiger partial charge in [-0.3, -0.25) is 0 Å². The Balaban J connectivity index is 0.940. The average molecular weight is 732 g/mol. The van der Waals surface area contributed by atoms with Crippen LogP contribution in [0, 0.1) is 0 Å². The molecule has 0 spiro atoms. The molecule has 0 fully saturated rings. The Bertz CT molecular complexity index is 3370. The van der Waals surface area contributed by atoms with Crippen molar-refractivity contribution < 1.29 is 8.83 Å². The zero-order valence-corrected chi connectivity index (χ0v) is 30.8. The lowest BCUT2D eigenvalue weighted by Gasteiger charge is -2.17. The van der Waals surface area contributed by atoms with E-state index in [4.69, 9.17) is 18.8 Å². The fourth-order valence-corrected chi connectivity index (χ4v) is 8.82. The standard InChI is InChI=1S/C52H33N3O2/c1-4-12-32(13-5-1)49-51-50(54-52(53-49)33-14-6-2-7-15-33)43-31-37(23-27-48(43)57-51)36-22-26-47-42(30-36)41-29-35(21-25-46(41)56-47)34-20-24-45-40(28-34)39-18-10-11-19-44(39)55(45)38-16-8-3-9-17-38/h1-28,30-31,35H,29H2. The topological polar surface area (TPSA) is 57.0 Å². The second-order valence-corrected chi connectivity index (χ2v) is 14.9. The number of nitrogens with zero attached hydrogens (tertiary/aromatic N) is 3. The maximum absolute atomic E-state index is 6.53. The highest BCUT2D eigenvalue weighted by atomic mass is 16.3. The van der Waals surface area contributed by atoms with Crippen molar-refractivity contribution in [2.75, 3.05) is 0 Å². The molecule has 11 aromatic rings. The molecule has 5 heteroatoms. The third-order valence-electron chi connectivity index (χ3n) is 11.6. The molecule has 4 heterocycles. The Morgan fingerprint density at radius 1 is 0.509 bits per heavy atom. The van der Waals surface area contributed by atoms with E-state index >= 15 is 0 Å². The molecule has 0 N–H and O–H groups in total. The number of aromatic nitrogens is 3. The quantitative estimate of drug-likeness (QED) is 0.177. The SMILES string of the molecule is C1=CC(c2ccc3c(c2)c2ccccc2n3-c2ccccc2)Cc2c1oc1ccc(-c3ccc4oc5c(-c6ccccc6)nc(-c6ccccc6)nc5c4c3)cc21. The summed E-state index contributed by atoms with van der Waals surface area (Å²) in [5.41, 5.74) is 14.3. The van der Waals surface area contributed by atoms with E-state index in [9.17, 15) is 0 Å². The van der Waals surface area contributed by atoms with Crippen LogP contribution < -0.4 is 0 Å². The molecule has 268 valence electrons. The summed E-state index contributed by atoms with van der Waals surface area (Å²) in [4.78, 5) is 10.1. The van der Waals surface area contributed by atoms with Gasteiger partial charge in [-0.2, -0.15) is 0 Å². The van der Waals surface area contributed by atoms with E-state index in [-0.39, 0.29) is 5.92 Å². The second-order valence-electron chi connectivity index (χ2n) is 14.9. The van der Waals surface area contributed by atoms with Gasteiger partial charge in [-0.1, -0.05) is 121 Å². The average Bonchev–Trinajstić information content (AvgIpc) is 3.95.